The second kappa shape index (κ2) is 4.22. The van der Waals surface area contributed by atoms with Crippen LogP contribution in [0.1, 0.15) is 19.5 Å². The van der Waals surface area contributed by atoms with E-state index in [1.807, 2.05) is 19.1 Å². The van der Waals surface area contributed by atoms with Crippen LogP contribution in [0.5, 0.6) is 0 Å². The smallest absolute Gasteiger partial charge is 0.129 e. The van der Waals surface area contributed by atoms with Gasteiger partial charge in [0.1, 0.15) is 5.82 Å². The van der Waals surface area contributed by atoms with Gasteiger partial charge in [-0.25, -0.2) is 4.98 Å². The SMILES string of the molecule is Cc1nc(N2CCOC(C)(C)C2)ccc1Cl. The average molecular weight is 241 g/mol. The molecular weight excluding hydrogens is 224 g/mol. The minimum atomic E-state index is -0.104. The van der Waals surface area contributed by atoms with E-state index >= 15 is 0 Å². The summed E-state index contributed by atoms with van der Waals surface area (Å²) in [5.41, 5.74) is 0.775. The Morgan fingerprint density at radius 2 is 2.19 bits per heavy atom. The van der Waals surface area contributed by atoms with Crippen LogP contribution in [0.15, 0.2) is 12.1 Å². The summed E-state index contributed by atoms with van der Waals surface area (Å²) >= 11 is 5.97. The fourth-order valence-electron chi connectivity index (χ4n) is 1.92. The van der Waals surface area contributed by atoms with Crippen LogP contribution in [-0.4, -0.2) is 30.3 Å². The lowest BCUT2D eigenvalue weighted by Crippen LogP contribution is -2.48. The fraction of sp³-hybridized carbons (Fsp3) is 0.583. The number of aromatic nitrogens is 1. The molecule has 0 aromatic carbocycles. The summed E-state index contributed by atoms with van der Waals surface area (Å²) in [4.78, 5) is 6.74. The van der Waals surface area contributed by atoms with Gasteiger partial charge in [0.15, 0.2) is 0 Å². The van der Waals surface area contributed by atoms with Gasteiger partial charge in [-0.2, -0.15) is 0 Å². The number of hydrogen-bond donors (Lipinski definition) is 0. The molecule has 1 aliphatic rings. The minimum absolute atomic E-state index is 0.104. The average Bonchev–Trinajstić information content (AvgIpc) is 2.20. The topological polar surface area (TPSA) is 25.4 Å². The first-order valence-electron chi connectivity index (χ1n) is 5.50. The highest BCUT2D eigenvalue weighted by Crippen LogP contribution is 2.23. The highest BCUT2D eigenvalue weighted by Gasteiger charge is 2.27. The van der Waals surface area contributed by atoms with Gasteiger partial charge in [-0.05, 0) is 32.9 Å². The molecule has 0 radical (unpaired) electrons. The zero-order valence-corrected chi connectivity index (χ0v) is 10.7. The van der Waals surface area contributed by atoms with Crippen molar-refractivity contribution in [3.8, 4) is 0 Å². The first kappa shape index (κ1) is 11.7. The number of morpholine rings is 1. The lowest BCUT2D eigenvalue weighted by molar-refractivity contribution is -0.0279. The van der Waals surface area contributed by atoms with E-state index in [0.717, 1.165) is 36.2 Å². The number of anilines is 1. The summed E-state index contributed by atoms with van der Waals surface area (Å²) < 4.78 is 5.68. The number of pyridine rings is 1. The Kier molecular flexibility index (Phi) is 3.08. The number of nitrogens with zero attached hydrogens (tertiary/aromatic N) is 2. The number of rotatable bonds is 1. The summed E-state index contributed by atoms with van der Waals surface area (Å²) in [6, 6.07) is 3.87. The van der Waals surface area contributed by atoms with Gasteiger partial charge in [0.2, 0.25) is 0 Å². The molecule has 0 aliphatic carbocycles. The van der Waals surface area contributed by atoms with Crippen molar-refractivity contribution in [2.75, 3.05) is 24.6 Å². The van der Waals surface area contributed by atoms with E-state index in [1.54, 1.807) is 0 Å². The van der Waals surface area contributed by atoms with Crippen molar-refractivity contribution in [1.82, 2.24) is 4.98 Å². The quantitative estimate of drug-likeness (QED) is 0.755. The number of aryl methyl sites for hydroxylation is 1. The van der Waals surface area contributed by atoms with Crippen LogP contribution in [0.25, 0.3) is 0 Å². The van der Waals surface area contributed by atoms with E-state index in [4.69, 9.17) is 16.3 Å². The summed E-state index contributed by atoms with van der Waals surface area (Å²) in [6.07, 6.45) is 0. The van der Waals surface area contributed by atoms with E-state index in [-0.39, 0.29) is 5.60 Å². The van der Waals surface area contributed by atoms with Crippen molar-refractivity contribution in [3.63, 3.8) is 0 Å². The first-order chi connectivity index (χ1) is 7.48. The van der Waals surface area contributed by atoms with Gasteiger partial charge in [0.05, 0.1) is 22.9 Å². The second-order valence-electron chi connectivity index (χ2n) is 4.77. The summed E-state index contributed by atoms with van der Waals surface area (Å²) in [6.45, 7) is 8.62. The molecule has 3 nitrogen and oxygen atoms in total. The highest BCUT2D eigenvalue weighted by molar-refractivity contribution is 6.31. The highest BCUT2D eigenvalue weighted by atomic mass is 35.5. The van der Waals surface area contributed by atoms with Gasteiger partial charge in [-0.3, -0.25) is 0 Å². The van der Waals surface area contributed by atoms with Crippen molar-refractivity contribution in [2.45, 2.75) is 26.4 Å². The molecule has 0 N–H and O–H groups in total. The second-order valence-corrected chi connectivity index (χ2v) is 5.17. The fourth-order valence-corrected chi connectivity index (χ4v) is 2.02. The van der Waals surface area contributed by atoms with E-state index in [9.17, 15) is 0 Å². The first-order valence-corrected chi connectivity index (χ1v) is 5.88. The van der Waals surface area contributed by atoms with Crippen LogP contribution >= 0.6 is 11.6 Å². The van der Waals surface area contributed by atoms with Crippen molar-refractivity contribution < 1.29 is 4.74 Å². The molecule has 88 valence electrons. The van der Waals surface area contributed by atoms with Gasteiger partial charge in [-0.15, -0.1) is 0 Å². The Balaban J connectivity index is 2.20. The molecule has 0 amide bonds. The largest absolute Gasteiger partial charge is 0.372 e. The van der Waals surface area contributed by atoms with E-state index < -0.39 is 0 Å². The molecule has 0 atom stereocenters. The van der Waals surface area contributed by atoms with E-state index in [0.29, 0.717) is 0 Å². The number of halogens is 1. The van der Waals surface area contributed by atoms with Crippen LogP contribution in [-0.2, 0) is 4.74 Å². The van der Waals surface area contributed by atoms with Crippen LogP contribution in [0.2, 0.25) is 5.02 Å². The van der Waals surface area contributed by atoms with Crippen LogP contribution in [0, 0.1) is 6.92 Å². The molecule has 4 heteroatoms. The van der Waals surface area contributed by atoms with Crippen molar-refractivity contribution in [2.24, 2.45) is 0 Å². The van der Waals surface area contributed by atoms with E-state index in [2.05, 4.69) is 23.7 Å². The molecule has 1 fully saturated rings. The molecule has 0 bridgehead atoms. The predicted molar refractivity (Wildman–Crippen MR) is 66.2 cm³/mol. The van der Waals surface area contributed by atoms with Gasteiger partial charge in [-0.1, -0.05) is 11.6 Å². The Bertz CT molecular complexity index is 393. The van der Waals surface area contributed by atoms with Crippen molar-refractivity contribution >= 4 is 17.4 Å². The third kappa shape index (κ3) is 2.47. The molecule has 1 aromatic heterocycles. The van der Waals surface area contributed by atoms with E-state index in [1.165, 1.54) is 0 Å². The van der Waals surface area contributed by atoms with Gasteiger partial charge >= 0.3 is 0 Å². The lowest BCUT2D eigenvalue weighted by atomic mass is 10.1. The Morgan fingerprint density at radius 1 is 1.44 bits per heavy atom. The summed E-state index contributed by atoms with van der Waals surface area (Å²) in [5.74, 6) is 0.985. The van der Waals surface area contributed by atoms with Gasteiger partial charge in [0.25, 0.3) is 0 Å². The normalized spacial score (nSPS) is 19.9. The molecule has 1 saturated heterocycles. The molecular formula is C12H17ClN2O. The predicted octanol–water partition coefficient (Wildman–Crippen LogP) is 2.66. The maximum absolute atomic E-state index is 5.97. The monoisotopic (exact) mass is 240 g/mol. The van der Waals surface area contributed by atoms with Crippen molar-refractivity contribution in [1.29, 1.82) is 0 Å². The van der Waals surface area contributed by atoms with Gasteiger partial charge in [0, 0.05) is 13.1 Å². The Labute approximate surface area is 101 Å². The molecule has 16 heavy (non-hydrogen) atoms. The molecule has 0 saturated carbocycles. The third-order valence-electron chi connectivity index (χ3n) is 2.76. The minimum Gasteiger partial charge on any atom is -0.372 e. The molecule has 2 heterocycles. The standard InChI is InChI=1S/C12H17ClN2O/c1-9-10(13)4-5-11(14-9)15-6-7-16-12(2,3)8-15/h4-5H,6-8H2,1-3H3. The maximum Gasteiger partial charge on any atom is 0.129 e. The zero-order valence-electron chi connectivity index (χ0n) is 9.96. The number of ether oxygens (including phenoxy) is 1. The van der Waals surface area contributed by atoms with Crippen molar-refractivity contribution in [3.05, 3.63) is 22.8 Å². The van der Waals surface area contributed by atoms with Crippen LogP contribution in [0.3, 0.4) is 0 Å². The summed E-state index contributed by atoms with van der Waals surface area (Å²) in [5, 5.41) is 0.719. The zero-order chi connectivity index (χ0) is 11.8. The molecule has 1 aromatic rings. The maximum atomic E-state index is 5.97. The molecule has 1 aliphatic heterocycles. The third-order valence-corrected chi connectivity index (χ3v) is 3.16. The summed E-state index contributed by atoms with van der Waals surface area (Å²) in [7, 11) is 0. The Hall–Kier alpha value is -0.800. The Morgan fingerprint density at radius 3 is 2.81 bits per heavy atom. The van der Waals surface area contributed by atoms with Crippen LogP contribution in [0.4, 0.5) is 5.82 Å². The molecule has 2 rings (SSSR count). The lowest BCUT2D eigenvalue weighted by Gasteiger charge is -2.38. The molecule has 0 spiro atoms. The number of hydrogen-bond acceptors (Lipinski definition) is 3. The molecule has 0 unspecified atom stereocenters. The van der Waals surface area contributed by atoms with Gasteiger partial charge < -0.3 is 9.64 Å². The van der Waals surface area contributed by atoms with Crippen LogP contribution < -0.4 is 4.90 Å².